The van der Waals surface area contributed by atoms with Gasteiger partial charge in [-0.1, -0.05) is 30.3 Å². The molecule has 33 heavy (non-hydrogen) atoms. The van der Waals surface area contributed by atoms with E-state index in [0.717, 1.165) is 44.0 Å². The molecule has 1 unspecified atom stereocenters. The predicted molar refractivity (Wildman–Crippen MR) is 130 cm³/mol. The van der Waals surface area contributed by atoms with E-state index in [0.29, 0.717) is 6.54 Å². The third-order valence-electron chi connectivity index (χ3n) is 5.41. The number of hydrogen-bond acceptors (Lipinski definition) is 5. The Balaban J connectivity index is 1.61. The van der Waals surface area contributed by atoms with E-state index in [9.17, 15) is 13.2 Å². The molecule has 4 rings (SSSR count). The van der Waals surface area contributed by atoms with Gasteiger partial charge in [0.2, 0.25) is 15.9 Å². The molecular weight excluding hydrogens is 458 g/mol. The number of methoxy groups -OCH3 is 1. The lowest BCUT2D eigenvalue weighted by atomic mass is 9.91. The fraction of sp³-hybridized carbons (Fsp3) is 0.208. The second-order valence-corrected chi connectivity index (χ2v) is 10.8. The van der Waals surface area contributed by atoms with Crippen molar-refractivity contribution in [2.24, 2.45) is 0 Å². The van der Waals surface area contributed by atoms with Gasteiger partial charge in [-0.2, -0.15) is 0 Å². The second kappa shape index (κ2) is 9.78. The number of sulfonamides is 1. The van der Waals surface area contributed by atoms with Gasteiger partial charge in [-0.3, -0.25) is 4.79 Å². The van der Waals surface area contributed by atoms with Crippen molar-refractivity contribution in [1.29, 1.82) is 0 Å². The summed E-state index contributed by atoms with van der Waals surface area (Å²) in [4.78, 5) is 15.2. The van der Waals surface area contributed by atoms with E-state index < -0.39 is 10.0 Å². The monoisotopic (exact) mass is 483 g/mol. The summed E-state index contributed by atoms with van der Waals surface area (Å²) in [6.07, 6.45) is 1.94. The Morgan fingerprint density at radius 3 is 2.58 bits per heavy atom. The van der Waals surface area contributed by atoms with Gasteiger partial charge in [-0.15, -0.1) is 11.3 Å². The van der Waals surface area contributed by atoms with Gasteiger partial charge in [0, 0.05) is 41.4 Å². The number of carbonyl (C=O) groups excluding carboxylic acids is 1. The predicted octanol–water partition coefficient (Wildman–Crippen LogP) is 3.98. The Bertz CT molecular complexity index is 1360. The summed E-state index contributed by atoms with van der Waals surface area (Å²) < 4.78 is 34.4. The number of aromatic amines is 1. The first-order valence-electron chi connectivity index (χ1n) is 10.4. The van der Waals surface area contributed by atoms with Crippen LogP contribution in [0.4, 0.5) is 0 Å². The number of aromatic nitrogens is 1. The summed E-state index contributed by atoms with van der Waals surface area (Å²) in [6, 6.07) is 18.9. The number of para-hydroxylation sites is 1. The highest BCUT2D eigenvalue weighted by Gasteiger charge is 2.23. The maximum Gasteiger partial charge on any atom is 0.250 e. The Labute approximate surface area is 196 Å². The van der Waals surface area contributed by atoms with Crippen LogP contribution >= 0.6 is 11.3 Å². The largest absolute Gasteiger partial charge is 0.497 e. The van der Waals surface area contributed by atoms with Crippen molar-refractivity contribution in [3.63, 3.8) is 0 Å². The number of ether oxygens (including phenoxy) is 1. The molecule has 2 aromatic carbocycles. The van der Waals surface area contributed by atoms with Crippen molar-refractivity contribution in [1.82, 2.24) is 15.0 Å². The quantitative estimate of drug-likeness (QED) is 0.335. The fourth-order valence-electron chi connectivity index (χ4n) is 3.70. The number of H-pyrrole nitrogens is 1. The van der Waals surface area contributed by atoms with Gasteiger partial charge in [-0.05, 0) is 41.5 Å². The van der Waals surface area contributed by atoms with Gasteiger partial charge in [0.1, 0.15) is 9.96 Å². The van der Waals surface area contributed by atoms with E-state index in [1.807, 2.05) is 54.7 Å². The minimum Gasteiger partial charge on any atom is -0.497 e. The number of thiophene rings is 1. The molecular formula is C24H25N3O4S2. The fourth-order valence-corrected chi connectivity index (χ4v) is 6.09. The number of amides is 1. The Morgan fingerprint density at radius 1 is 1.09 bits per heavy atom. The summed E-state index contributed by atoms with van der Waals surface area (Å²) in [6.45, 7) is 1.92. The van der Waals surface area contributed by atoms with Crippen LogP contribution in [0.2, 0.25) is 0 Å². The molecule has 2 heterocycles. The van der Waals surface area contributed by atoms with Gasteiger partial charge >= 0.3 is 0 Å². The maximum absolute atomic E-state index is 13.0. The van der Waals surface area contributed by atoms with Crippen LogP contribution in [0.5, 0.6) is 5.75 Å². The van der Waals surface area contributed by atoms with Crippen LogP contribution in [0.25, 0.3) is 10.9 Å². The number of fused-ring (bicyclic) bond motifs is 1. The summed E-state index contributed by atoms with van der Waals surface area (Å²) in [5.74, 6) is 0.370. The zero-order valence-corrected chi connectivity index (χ0v) is 19.9. The van der Waals surface area contributed by atoms with Crippen molar-refractivity contribution in [2.45, 2.75) is 23.6 Å². The van der Waals surface area contributed by atoms with Crippen molar-refractivity contribution >= 4 is 38.2 Å². The highest BCUT2D eigenvalue weighted by Crippen LogP contribution is 2.32. The summed E-state index contributed by atoms with van der Waals surface area (Å²) in [5, 5.41) is 3.73. The molecule has 0 spiro atoms. The molecule has 0 aliphatic rings. The molecule has 172 valence electrons. The average Bonchev–Trinajstić information content (AvgIpc) is 3.46. The van der Waals surface area contributed by atoms with Crippen molar-refractivity contribution < 1.29 is 17.9 Å². The Hall–Kier alpha value is -3.14. The minimum absolute atomic E-state index is 0.160. The zero-order chi connectivity index (χ0) is 23.4. The lowest BCUT2D eigenvalue weighted by Crippen LogP contribution is -2.28. The van der Waals surface area contributed by atoms with E-state index in [2.05, 4.69) is 15.0 Å². The van der Waals surface area contributed by atoms with Gasteiger partial charge < -0.3 is 15.0 Å². The first-order valence-corrected chi connectivity index (χ1v) is 12.7. The first-order chi connectivity index (χ1) is 15.9. The normalized spacial score (nSPS) is 12.5. The number of benzene rings is 2. The number of hydrogen-bond donors (Lipinski definition) is 3. The van der Waals surface area contributed by atoms with Crippen LogP contribution in [0, 0.1) is 0 Å². The summed E-state index contributed by atoms with van der Waals surface area (Å²) >= 11 is 1.15. The van der Waals surface area contributed by atoms with Crippen molar-refractivity contribution in [2.75, 3.05) is 13.7 Å². The highest BCUT2D eigenvalue weighted by molar-refractivity contribution is 7.91. The molecule has 4 aromatic rings. The standard InChI is InChI=1S/C24H25N3O4S2/c1-16(28)25-13-19-11-12-24(32-19)33(29,30)27-15-21(17-7-9-18(31-2)10-8-17)22-14-26-23-6-4-3-5-20(22)23/h3-12,14,21,26-27H,13,15H2,1-2H3,(H,25,28). The Kier molecular flexibility index (Phi) is 6.83. The molecule has 1 amide bonds. The topological polar surface area (TPSA) is 100 Å². The molecule has 1 atom stereocenters. The van der Waals surface area contributed by atoms with E-state index in [1.54, 1.807) is 19.2 Å². The smallest absolute Gasteiger partial charge is 0.250 e. The SMILES string of the molecule is COc1ccc(C(CNS(=O)(=O)c2ccc(CNC(C)=O)s2)c2c[nH]c3ccccc23)cc1. The molecule has 2 aromatic heterocycles. The van der Waals surface area contributed by atoms with Crippen molar-refractivity contribution in [3.05, 3.63) is 82.9 Å². The summed E-state index contributed by atoms with van der Waals surface area (Å²) in [7, 11) is -2.10. The Morgan fingerprint density at radius 2 is 1.85 bits per heavy atom. The number of carbonyl (C=O) groups is 1. The maximum atomic E-state index is 13.0. The van der Waals surface area contributed by atoms with Crippen LogP contribution in [0.3, 0.4) is 0 Å². The number of nitrogens with one attached hydrogen (secondary N) is 3. The highest BCUT2D eigenvalue weighted by atomic mass is 32.2. The van der Waals surface area contributed by atoms with E-state index in [-0.39, 0.29) is 22.6 Å². The van der Waals surface area contributed by atoms with Crippen LogP contribution in [-0.2, 0) is 21.4 Å². The molecule has 7 nitrogen and oxygen atoms in total. The third kappa shape index (κ3) is 5.27. The molecule has 0 saturated heterocycles. The third-order valence-corrected chi connectivity index (χ3v) is 8.41. The second-order valence-electron chi connectivity index (χ2n) is 7.60. The van der Waals surface area contributed by atoms with Gasteiger partial charge in [0.05, 0.1) is 13.7 Å². The van der Waals surface area contributed by atoms with Gasteiger partial charge in [0.25, 0.3) is 0 Å². The molecule has 0 fully saturated rings. The van der Waals surface area contributed by atoms with Crippen LogP contribution in [-0.4, -0.2) is 33.0 Å². The average molecular weight is 484 g/mol. The molecule has 0 saturated carbocycles. The minimum atomic E-state index is -3.72. The zero-order valence-electron chi connectivity index (χ0n) is 18.3. The molecule has 0 aliphatic carbocycles. The molecule has 3 N–H and O–H groups in total. The number of rotatable bonds is 9. The van der Waals surface area contributed by atoms with Crippen LogP contribution in [0.1, 0.15) is 28.8 Å². The van der Waals surface area contributed by atoms with E-state index >= 15 is 0 Å². The molecule has 0 radical (unpaired) electrons. The van der Waals surface area contributed by atoms with Gasteiger partial charge in [0.15, 0.2) is 0 Å². The van der Waals surface area contributed by atoms with Crippen molar-refractivity contribution in [3.8, 4) is 5.75 Å². The molecule has 0 bridgehead atoms. The van der Waals surface area contributed by atoms with E-state index in [1.165, 1.54) is 6.92 Å². The van der Waals surface area contributed by atoms with Gasteiger partial charge in [-0.25, -0.2) is 13.1 Å². The first kappa shape index (κ1) is 23.0. The van der Waals surface area contributed by atoms with E-state index in [4.69, 9.17) is 4.74 Å². The molecule has 9 heteroatoms. The lowest BCUT2D eigenvalue weighted by Gasteiger charge is -2.18. The summed E-state index contributed by atoms with van der Waals surface area (Å²) in [5.41, 5.74) is 2.98. The van der Waals surface area contributed by atoms with Crippen LogP contribution < -0.4 is 14.8 Å². The van der Waals surface area contributed by atoms with Crippen LogP contribution in [0.15, 0.2) is 71.1 Å². The molecule has 0 aliphatic heterocycles. The lowest BCUT2D eigenvalue weighted by molar-refractivity contribution is -0.119.